The van der Waals surface area contributed by atoms with Crippen LogP contribution in [0.2, 0.25) is 0 Å². The first kappa shape index (κ1) is 15.4. The van der Waals surface area contributed by atoms with Crippen molar-refractivity contribution in [3.8, 4) is 5.75 Å². The number of ether oxygens (including phenoxy) is 1. The van der Waals surface area contributed by atoms with E-state index in [1.807, 2.05) is 38.1 Å². The summed E-state index contributed by atoms with van der Waals surface area (Å²) < 4.78 is 5.16. The van der Waals surface area contributed by atoms with Gasteiger partial charge in [0.1, 0.15) is 11.3 Å². The second kappa shape index (κ2) is 5.76. The Morgan fingerprint density at radius 1 is 1.33 bits per heavy atom. The van der Waals surface area contributed by atoms with Crippen LogP contribution in [0.1, 0.15) is 32.8 Å². The Morgan fingerprint density at radius 2 is 2.05 bits per heavy atom. The number of hydrogen-bond donors (Lipinski definition) is 1. The highest BCUT2D eigenvalue weighted by Gasteiger charge is 2.47. The van der Waals surface area contributed by atoms with Crippen molar-refractivity contribution >= 4 is 11.9 Å². The van der Waals surface area contributed by atoms with Crippen molar-refractivity contribution < 1.29 is 14.3 Å². The van der Waals surface area contributed by atoms with E-state index in [9.17, 15) is 9.59 Å². The molecule has 1 saturated heterocycles. The second-order valence-electron chi connectivity index (χ2n) is 6.10. The summed E-state index contributed by atoms with van der Waals surface area (Å²) in [4.78, 5) is 25.9. The molecule has 0 aliphatic carbocycles. The monoisotopic (exact) mass is 290 g/mol. The average molecular weight is 290 g/mol. The quantitative estimate of drug-likeness (QED) is 0.848. The molecule has 5 heteroatoms. The highest BCUT2D eigenvalue weighted by atomic mass is 16.5. The maximum Gasteiger partial charge on any atom is 0.325 e. The van der Waals surface area contributed by atoms with Crippen molar-refractivity contribution in [1.82, 2.24) is 10.2 Å². The number of amides is 3. The zero-order valence-electron chi connectivity index (χ0n) is 13.0. The van der Waals surface area contributed by atoms with Gasteiger partial charge < -0.3 is 10.1 Å². The molecule has 1 unspecified atom stereocenters. The van der Waals surface area contributed by atoms with E-state index in [2.05, 4.69) is 5.32 Å². The molecule has 1 fully saturated rings. The minimum Gasteiger partial charge on any atom is -0.497 e. The predicted molar refractivity (Wildman–Crippen MR) is 79.9 cm³/mol. The molecule has 1 aliphatic rings. The fourth-order valence-corrected chi connectivity index (χ4v) is 2.80. The molecule has 1 aromatic rings. The molecule has 114 valence electrons. The van der Waals surface area contributed by atoms with Gasteiger partial charge in [0, 0.05) is 0 Å². The van der Waals surface area contributed by atoms with Gasteiger partial charge in [0.2, 0.25) is 0 Å². The highest BCUT2D eigenvalue weighted by molar-refractivity contribution is 6.06. The summed E-state index contributed by atoms with van der Waals surface area (Å²) in [6.07, 6.45) is 0.631. The number of nitrogens with one attached hydrogen (secondary N) is 1. The first-order chi connectivity index (χ1) is 9.85. The Labute approximate surface area is 125 Å². The molecule has 1 atom stereocenters. The maximum absolute atomic E-state index is 12.5. The Hall–Kier alpha value is -2.04. The van der Waals surface area contributed by atoms with Crippen molar-refractivity contribution in [3.05, 3.63) is 29.8 Å². The standard InChI is InChI=1S/C16H22N2O3/c1-11(2)9-16(3)14(19)18(15(20)17-16)10-12-6-5-7-13(8-12)21-4/h5-8,11H,9-10H2,1-4H3,(H,17,20). The summed E-state index contributed by atoms with van der Waals surface area (Å²) in [6.45, 7) is 6.12. The van der Waals surface area contributed by atoms with Crippen LogP contribution in [0.5, 0.6) is 5.75 Å². The molecule has 3 amide bonds. The molecule has 0 bridgehead atoms. The van der Waals surface area contributed by atoms with Crippen molar-refractivity contribution in [2.45, 2.75) is 39.3 Å². The SMILES string of the molecule is COc1cccc(CN2C(=O)NC(C)(CC(C)C)C2=O)c1. The number of rotatable bonds is 5. The summed E-state index contributed by atoms with van der Waals surface area (Å²) in [5.41, 5.74) is 0.0658. The number of benzene rings is 1. The molecule has 2 rings (SSSR count). The van der Waals surface area contributed by atoms with Crippen LogP contribution in [0.3, 0.4) is 0 Å². The predicted octanol–water partition coefficient (Wildman–Crippen LogP) is 2.55. The van der Waals surface area contributed by atoms with Gasteiger partial charge in [-0.1, -0.05) is 26.0 Å². The highest BCUT2D eigenvalue weighted by Crippen LogP contribution is 2.26. The van der Waals surface area contributed by atoms with Gasteiger partial charge >= 0.3 is 6.03 Å². The van der Waals surface area contributed by atoms with Crippen LogP contribution in [0, 0.1) is 5.92 Å². The molecular formula is C16H22N2O3. The van der Waals surface area contributed by atoms with Crippen molar-refractivity contribution in [1.29, 1.82) is 0 Å². The van der Waals surface area contributed by atoms with Gasteiger partial charge in [0.25, 0.3) is 5.91 Å². The first-order valence-corrected chi connectivity index (χ1v) is 7.13. The van der Waals surface area contributed by atoms with Gasteiger partial charge in [0.05, 0.1) is 13.7 Å². The zero-order chi connectivity index (χ0) is 15.6. The topological polar surface area (TPSA) is 58.6 Å². The van der Waals surface area contributed by atoms with Gasteiger partial charge in [-0.05, 0) is 37.0 Å². The minimum absolute atomic E-state index is 0.163. The van der Waals surface area contributed by atoms with Gasteiger partial charge in [-0.3, -0.25) is 9.69 Å². The smallest absolute Gasteiger partial charge is 0.325 e. The third-order valence-electron chi connectivity index (χ3n) is 3.64. The number of carbonyl (C=O) groups excluding carboxylic acids is 2. The molecule has 0 aromatic heterocycles. The molecule has 1 aliphatic heterocycles. The number of methoxy groups -OCH3 is 1. The van der Waals surface area contributed by atoms with Crippen LogP contribution < -0.4 is 10.1 Å². The fourth-order valence-electron chi connectivity index (χ4n) is 2.80. The summed E-state index contributed by atoms with van der Waals surface area (Å²) in [5.74, 6) is 0.879. The fraction of sp³-hybridized carbons (Fsp3) is 0.500. The molecule has 0 radical (unpaired) electrons. The number of carbonyl (C=O) groups is 2. The Balaban J connectivity index is 2.17. The molecule has 1 aromatic carbocycles. The zero-order valence-corrected chi connectivity index (χ0v) is 13.0. The van der Waals surface area contributed by atoms with E-state index >= 15 is 0 Å². The number of urea groups is 1. The Bertz CT molecular complexity index is 556. The van der Waals surface area contributed by atoms with Crippen LogP contribution >= 0.6 is 0 Å². The van der Waals surface area contributed by atoms with E-state index in [1.165, 1.54) is 4.90 Å². The van der Waals surface area contributed by atoms with Crippen LogP contribution in [0.25, 0.3) is 0 Å². The summed E-state index contributed by atoms with van der Waals surface area (Å²) >= 11 is 0. The molecule has 21 heavy (non-hydrogen) atoms. The lowest BCUT2D eigenvalue weighted by Crippen LogP contribution is -2.44. The van der Waals surface area contributed by atoms with E-state index in [1.54, 1.807) is 14.0 Å². The molecule has 5 nitrogen and oxygen atoms in total. The van der Waals surface area contributed by atoms with Crippen LogP contribution in [0.4, 0.5) is 4.79 Å². The van der Waals surface area contributed by atoms with Crippen LogP contribution in [0.15, 0.2) is 24.3 Å². The van der Waals surface area contributed by atoms with E-state index < -0.39 is 5.54 Å². The third kappa shape index (κ3) is 3.17. The number of hydrogen-bond acceptors (Lipinski definition) is 3. The second-order valence-corrected chi connectivity index (χ2v) is 6.10. The third-order valence-corrected chi connectivity index (χ3v) is 3.64. The molecule has 0 spiro atoms. The summed E-state index contributed by atoms with van der Waals surface area (Å²) in [6, 6.07) is 7.06. The number of nitrogens with zero attached hydrogens (tertiary/aromatic N) is 1. The van der Waals surface area contributed by atoms with Crippen molar-refractivity contribution in [2.75, 3.05) is 7.11 Å². The summed E-state index contributed by atoms with van der Waals surface area (Å²) in [5, 5.41) is 2.82. The lowest BCUT2D eigenvalue weighted by atomic mass is 9.91. The van der Waals surface area contributed by atoms with Crippen LogP contribution in [-0.2, 0) is 11.3 Å². The van der Waals surface area contributed by atoms with Crippen LogP contribution in [-0.4, -0.2) is 29.5 Å². The van der Waals surface area contributed by atoms with E-state index in [0.29, 0.717) is 18.1 Å². The maximum atomic E-state index is 12.5. The lowest BCUT2D eigenvalue weighted by Gasteiger charge is -2.23. The molecule has 1 N–H and O–H groups in total. The van der Waals surface area contributed by atoms with E-state index in [0.717, 1.165) is 5.56 Å². The Morgan fingerprint density at radius 3 is 2.67 bits per heavy atom. The largest absolute Gasteiger partial charge is 0.497 e. The van der Waals surface area contributed by atoms with Crippen molar-refractivity contribution in [3.63, 3.8) is 0 Å². The molecule has 1 heterocycles. The Kier molecular flexibility index (Phi) is 4.21. The molecular weight excluding hydrogens is 268 g/mol. The summed E-state index contributed by atoms with van der Waals surface area (Å²) in [7, 11) is 1.59. The van der Waals surface area contributed by atoms with E-state index in [-0.39, 0.29) is 18.5 Å². The lowest BCUT2D eigenvalue weighted by molar-refractivity contribution is -0.131. The number of imide groups is 1. The van der Waals surface area contributed by atoms with Gasteiger partial charge in [-0.15, -0.1) is 0 Å². The van der Waals surface area contributed by atoms with Gasteiger partial charge in [0.15, 0.2) is 0 Å². The van der Waals surface area contributed by atoms with Crippen molar-refractivity contribution in [2.24, 2.45) is 5.92 Å². The first-order valence-electron chi connectivity index (χ1n) is 7.13. The normalized spacial score (nSPS) is 21.9. The van der Waals surface area contributed by atoms with Gasteiger partial charge in [-0.25, -0.2) is 4.79 Å². The van der Waals surface area contributed by atoms with Gasteiger partial charge in [-0.2, -0.15) is 0 Å². The molecule has 0 saturated carbocycles. The average Bonchev–Trinajstić information content (AvgIpc) is 2.61. The van der Waals surface area contributed by atoms with E-state index in [4.69, 9.17) is 4.74 Å². The minimum atomic E-state index is -0.801.